The first-order chi connectivity index (χ1) is 5.36. The van der Waals surface area contributed by atoms with Gasteiger partial charge in [0.15, 0.2) is 0 Å². The van der Waals surface area contributed by atoms with Gasteiger partial charge >= 0.3 is 0 Å². The fourth-order valence-corrected chi connectivity index (χ4v) is 0.914. The van der Waals surface area contributed by atoms with Crippen molar-refractivity contribution in [1.29, 1.82) is 0 Å². The van der Waals surface area contributed by atoms with Gasteiger partial charge in [-0.2, -0.15) is 0 Å². The van der Waals surface area contributed by atoms with E-state index in [4.69, 9.17) is 0 Å². The molecular formula is C7H5N3O. The van der Waals surface area contributed by atoms with E-state index in [0.717, 1.165) is 10.8 Å². The molecular weight excluding hydrogens is 142 g/mol. The van der Waals surface area contributed by atoms with Crippen molar-refractivity contribution in [1.82, 2.24) is 10.1 Å². The molecule has 0 aliphatic carbocycles. The first-order valence-corrected chi connectivity index (χ1v) is 3.15. The Bertz CT molecular complexity index is 388. The standard InChI is InChI=1S/C7H5N3O/c11-10-5-7-3-8-2-1-6(7)4-9-10/h1-5H. The lowest BCUT2D eigenvalue weighted by molar-refractivity contribution is -0.667. The maximum Gasteiger partial charge on any atom is 0.219 e. The van der Waals surface area contributed by atoms with Crippen LogP contribution < -0.4 is 4.85 Å². The van der Waals surface area contributed by atoms with Crippen molar-refractivity contribution < 1.29 is 4.85 Å². The molecule has 0 spiro atoms. The molecule has 4 heteroatoms. The normalized spacial score (nSPS) is 10.2. The van der Waals surface area contributed by atoms with Crippen molar-refractivity contribution in [2.24, 2.45) is 0 Å². The van der Waals surface area contributed by atoms with Crippen LogP contribution in [0.1, 0.15) is 0 Å². The van der Waals surface area contributed by atoms with E-state index in [0.29, 0.717) is 4.85 Å². The second kappa shape index (κ2) is 2.16. The summed E-state index contributed by atoms with van der Waals surface area (Å²) in [6.07, 6.45) is 6.21. The Morgan fingerprint density at radius 2 is 2.18 bits per heavy atom. The highest BCUT2D eigenvalue weighted by molar-refractivity contribution is 5.78. The summed E-state index contributed by atoms with van der Waals surface area (Å²) in [4.78, 5) is 4.39. The average Bonchev–Trinajstić information content (AvgIpc) is 2.04. The molecule has 0 saturated carbocycles. The Balaban J connectivity index is 2.83. The first-order valence-electron chi connectivity index (χ1n) is 3.15. The van der Waals surface area contributed by atoms with Gasteiger partial charge in [0, 0.05) is 22.9 Å². The molecule has 0 bridgehead atoms. The van der Waals surface area contributed by atoms with Gasteiger partial charge in [0.2, 0.25) is 6.20 Å². The maximum absolute atomic E-state index is 10.7. The maximum atomic E-state index is 10.7. The van der Waals surface area contributed by atoms with Gasteiger partial charge in [-0.3, -0.25) is 4.98 Å². The van der Waals surface area contributed by atoms with E-state index < -0.39 is 0 Å². The molecule has 0 aliphatic heterocycles. The van der Waals surface area contributed by atoms with Crippen LogP contribution in [0, 0.1) is 5.21 Å². The first kappa shape index (κ1) is 6.03. The fourth-order valence-electron chi connectivity index (χ4n) is 0.914. The molecule has 0 amide bonds. The van der Waals surface area contributed by atoms with Crippen molar-refractivity contribution in [2.75, 3.05) is 0 Å². The molecule has 0 unspecified atom stereocenters. The Hall–Kier alpha value is -1.71. The molecule has 0 N–H and O–H groups in total. The minimum atomic E-state index is 0.518. The zero-order valence-corrected chi connectivity index (χ0v) is 5.64. The van der Waals surface area contributed by atoms with E-state index in [1.165, 1.54) is 12.4 Å². The summed E-state index contributed by atoms with van der Waals surface area (Å²) in [5.74, 6) is 0. The summed E-state index contributed by atoms with van der Waals surface area (Å²) >= 11 is 0. The Labute approximate surface area is 62.7 Å². The van der Waals surface area contributed by atoms with E-state index in [1.54, 1.807) is 12.4 Å². The largest absolute Gasteiger partial charge is 0.594 e. The highest BCUT2D eigenvalue weighted by Crippen LogP contribution is 2.05. The van der Waals surface area contributed by atoms with Crippen LogP contribution in [0.3, 0.4) is 0 Å². The second-order valence-electron chi connectivity index (χ2n) is 2.18. The van der Waals surface area contributed by atoms with Gasteiger partial charge in [0.1, 0.15) is 6.20 Å². The number of nitrogens with zero attached hydrogens (tertiary/aromatic N) is 3. The molecule has 54 valence electrons. The van der Waals surface area contributed by atoms with Crippen LogP contribution in [0.25, 0.3) is 10.8 Å². The van der Waals surface area contributed by atoms with Gasteiger partial charge in [0.25, 0.3) is 0 Å². The summed E-state index contributed by atoms with van der Waals surface area (Å²) in [5.41, 5.74) is 0. The summed E-state index contributed by atoms with van der Waals surface area (Å²) in [6.45, 7) is 0. The van der Waals surface area contributed by atoms with E-state index in [2.05, 4.69) is 10.1 Å². The van der Waals surface area contributed by atoms with E-state index in [9.17, 15) is 5.21 Å². The van der Waals surface area contributed by atoms with Crippen molar-refractivity contribution in [3.8, 4) is 0 Å². The molecule has 0 atom stereocenters. The third kappa shape index (κ3) is 0.980. The molecule has 2 rings (SSSR count). The monoisotopic (exact) mass is 147 g/mol. The quantitative estimate of drug-likeness (QED) is 0.397. The minimum Gasteiger partial charge on any atom is -0.594 e. The van der Waals surface area contributed by atoms with Crippen molar-refractivity contribution in [2.45, 2.75) is 0 Å². The van der Waals surface area contributed by atoms with Crippen LogP contribution >= 0.6 is 0 Å². The number of rotatable bonds is 0. The molecule has 11 heavy (non-hydrogen) atoms. The number of pyridine rings is 1. The molecule has 2 aromatic heterocycles. The smallest absolute Gasteiger partial charge is 0.219 e. The van der Waals surface area contributed by atoms with Crippen molar-refractivity contribution in [3.05, 3.63) is 36.1 Å². The third-order valence-electron chi connectivity index (χ3n) is 1.45. The van der Waals surface area contributed by atoms with Gasteiger partial charge in [-0.25, -0.2) is 0 Å². The molecule has 0 aliphatic rings. The van der Waals surface area contributed by atoms with Gasteiger partial charge in [-0.05, 0) is 6.07 Å². The van der Waals surface area contributed by atoms with Crippen LogP contribution in [0.4, 0.5) is 0 Å². The number of aromatic nitrogens is 3. The van der Waals surface area contributed by atoms with Crippen molar-refractivity contribution >= 4 is 10.8 Å². The summed E-state index contributed by atoms with van der Waals surface area (Å²) in [5, 5.41) is 15.9. The zero-order valence-electron chi connectivity index (χ0n) is 5.64. The molecule has 4 nitrogen and oxygen atoms in total. The van der Waals surface area contributed by atoms with Gasteiger partial charge < -0.3 is 5.21 Å². The predicted octanol–water partition coefficient (Wildman–Crippen LogP) is 0.263. The van der Waals surface area contributed by atoms with Gasteiger partial charge in [0.05, 0.1) is 5.39 Å². The van der Waals surface area contributed by atoms with Crippen LogP contribution in [-0.2, 0) is 0 Å². The topological polar surface area (TPSA) is 52.7 Å². The van der Waals surface area contributed by atoms with E-state index in [-0.39, 0.29) is 0 Å². The van der Waals surface area contributed by atoms with Crippen LogP contribution in [0.15, 0.2) is 30.9 Å². The van der Waals surface area contributed by atoms with Crippen LogP contribution in [-0.4, -0.2) is 10.1 Å². The summed E-state index contributed by atoms with van der Waals surface area (Å²) in [6, 6.07) is 1.81. The zero-order chi connectivity index (χ0) is 7.68. The lowest BCUT2D eigenvalue weighted by Gasteiger charge is -1.93. The minimum absolute atomic E-state index is 0.518. The van der Waals surface area contributed by atoms with Crippen molar-refractivity contribution in [3.63, 3.8) is 0 Å². The molecule has 0 fully saturated rings. The number of hydrogen-bond acceptors (Lipinski definition) is 3. The highest BCUT2D eigenvalue weighted by Gasteiger charge is 1.96. The molecule has 2 aromatic rings. The Kier molecular flexibility index (Phi) is 1.18. The lowest BCUT2D eigenvalue weighted by Crippen LogP contribution is -2.29. The third-order valence-corrected chi connectivity index (χ3v) is 1.45. The van der Waals surface area contributed by atoms with Gasteiger partial charge in [-0.15, -0.1) is 0 Å². The molecule has 2 heterocycles. The van der Waals surface area contributed by atoms with Crippen LogP contribution in [0.2, 0.25) is 0 Å². The lowest BCUT2D eigenvalue weighted by atomic mass is 10.3. The van der Waals surface area contributed by atoms with E-state index in [1.807, 2.05) is 6.07 Å². The highest BCUT2D eigenvalue weighted by atomic mass is 16.5. The average molecular weight is 147 g/mol. The SMILES string of the molecule is [O-][n+]1cc2cnccc2cn1. The Morgan fingerprint density at radius 1 is 1.27 bits per heavy atom. The van der Waals surface area contributed by atoms with Crippen LogP contribution in [0.5, 0.6) is 0 Å². The Morgan fingerprint density at radius 3 is 3.09 bits per heavy atom. The van der Waals surface area contributed by atoms with Gasteiger partial charge in [-0.1, -0.05) is 4.85 Å². The molecule has 0 aromatic carbocycles. The second-order valence-corrected chi connectivity index (χ2v) is 2.18. The van der Waals surface area contributed by atoms with E-state index >= 15 is 0 Å². The fraction of sp³-hybridized carbons (Fsp3) is 0. The summed E-state index contributed by atoms with van der Waals surface area (Å²) in [7, 11) is 0. The number of fused-ring (bicyclic) bond motifs is 1. The molecule has 0 radical (unpaired) electrons. The predicted molar refractivity (Wildman–Crippen MR) is 38.5 cm³/mol. The molecule has 0 saturated heterocycles. The summed E-state index contributed by atoms with van der Waals surface area (Å²) < 4.78 is 0. The number of hydrogen-bond donors (Lipinski definition) is 0.